The van der Waals surface area contributed by atoms with Gasteiger partial charge in [-0.3, -0.25) is 0 Å². The molecule has 0 saturated heterocycles. The van der Waals surface area contributed by atoms with Crippen LogP contribution < -0.4 is 0 Å². The molecule has 0 heterocycles. The summed E-state index contributed by atoms with van der Waals surface area (Å²) in [6, 6.07) is 6.68. The normalized spacial score (nSPS) is 21.0. The molecule has 1 aliphatic carbocycles. The Bertz CT molecular complexity index is 792. The van der Waals surface area contributed by atoms with Crippen LogP contribution >= 0.6 is 0 Å². The highest BCUT2D eigenvalue weighted by atomic mass is 32.2. The van der Waals surface area contributed by atoms with Gasteiger partial charge in [0.15, 0.2) is 8.32 Å². The fraction of sp³-hybridized carbons (Fsp3) is 0.524. The van der Waals surface area contributed by atoms with Gasteiger partial charge >= 0.3 is 0 Å². The summed E-state index contributed by atoms with van der Waals surface area (Å²) in [5.74, 6) is 0. The largest absolute Gasteiger partial charge is 0.412 e. The minimum atomic E-state index is -3.64. The van der Waals surface area contributed by atoms with E-state index >= 15 is 0 Å². The van der Waals surface area contributed by atoms with Crippen molar-refractivity contribution in [2.45, 2.75) is 69.3 Å². The Morgan fingerprint density at radius 3 is 2.37 bits per heavy atom. The maximum atomic E-state index is 13.3. The summed E-state index contributed by atoms with van der Waals surface area (Å²) in [7, 11) is -5.65. The third kappa shape index (κ3) is 4.80. The lowest BCUT2D eigenvalue weighted by molar-refractivity contribution is 0.136. The zero-order chi connectivity index (χ0) is 20.5. The first kappa shape index (κ1) is 22.1. The van der Waals surface area contributed by atoms with E-state index in [2.05, 4.69) is 40.4 Å². The third-order valence-electron chi connectivity index (χ3n) is 5.60. The molecule has 0 radical (unpaired) electrons. The predicted molar refractivity (Wildman–Crippen MR) is 115 cm³/mol. The van der Waals surface area contributed by atoms with Crippen molar-refractivity contribution in [3.05, 3.63) is 54.6 Å². The van der Waals surface area contributed by atoms with E-state index in [1.165, 1.54) is 4.31 Å². The molecule has 0 unspecified atom stereocenters. The van der Waals surface area contributed by atoms with E-state index in [0.717, 1.165) is 12.0 Å². The highest BCUT2D eigenvalue weighted by Gasteiger charge is 2.43. The molecule has 27 heavy (non-hydrogen) atoms. The fourth-order valence-corrected chi connectivity index (χ4v) is 5.85. The van der Waals surface area contributed by atoms with Crippen LogP contribution in [0.15, 0.2) is 54.0 Å². The summed E-state index contributed by atoms with van der Waals surface area (Å²) in [5.41, 5.74) is 1.03. The van der Waals surface area contributed by atoms with Crippen molar-refractivity contribution in [3.63, 3.8) is 0 Å². The molecule has 0 N–H and O–H groups in total. The van der Waals surface area contributed by atoms with E-state index in [4.69, 9.17) is 4.43 Å². The smallest absolute Gasteiger partial charge is 0.243 e. The summed E-state index contributed by atoms with van der Waals surface area (Å²) < 4.78 is 34.8. The van der Waals surface area contributed by atoms with Crippen LogP contribution in [0.1, 0.15) is 32.8 Å². The van der Waals surface area contributed by atoms with Crippen molar-refractivity contribution in [1.29, 1.82) is 0 Å². The Morgan fingerprint density at radius 2 is 1.85 bits per heavy atom. The molecule has 1 aliphatic rings. The summed E-state index contributed by atoms with van der Waals surface area (Å²) in [5, 5.41) is 0.0687. The van der Waals surface area contributed by atoms with E-state index in [1.807, 2.05) is 31.2 Å². The molecular weight excluding hydrogens is 374 g/mol. The second kappa shape index (κ2) is 8.03. The van der Waals surface area contributed by atoms with Crippen molar-refractivity contribution in [2.75, 3.05) is 6.54 Å². The van der Waals surface area contributed by atoms with Crippen molar-refractivity contribution in [2.24, 2.45) is 0 Å². The Hall–Kier alpha value is -1.21. The van der Waals surface area contributed by atoms with Gasteiger partial charge in [0.25, 0.3) is 0 Å². The van der Waals surface area contributed by atoms with Crippen molar-refractivity contribution >= 4 is 18.3 Å². The molecule has 4 nitrogen and oxygen atoms in total. The Kier molecular flexibility index (Phi) is 6.57. The third-order valence-corrected chi connectivity index (χ3v) is 12.0. The zero-order valence-electron chi connectivity index (χ0n) is 17.4. The van der Waals surface area contributed by atoms with E-state index in [9.17, 15) is 8.42 Å². The first-order valence-corrected chi connectivity index (χ1v) is 13.8. The predicted octanol–water partition coefficient (Wildman–Crippen LogP) is 4.89. The van der Waals surface area contributed by atoms with Gasteiger partial charge in [0.2, 0.25) is 10.0 Å². The average molecular weight is 408 g/mol. The molecule has 0 spiro atoms. The average Bonchev–Trinajstić information content (AvgIpc) is 2.98. The monoisotopic (exact) mass is 407 g/mol. The number of benzene rings is 1. The molecule has 2 rings (SSSR count). The summed E-state index contributed by atoms with van der Waals surface area (Å²) in [6.45, 7) is 17.0. The van der Waals surface area contributed by atoms with Crippen LogP contribution in [-0.4, -0.2) is 39.7 Å². The van der Waals surface area contributed by atoms with E-state index < -0.39 is 18.3 Å². The molecule has 6 heteroatoms. The second-order valence-electron chi connectivity index (χ2n) is 8.75. The van der Waals surface area contributed by atoms with Gasteiger partial charge in [-0.15, -0.1) is 6.58 Å². The highest BCUT2D eigenvalue weighted by Crippen LogP contribution is 2.39. The van der Waals surface area contributed by atoms with Crippen LogP contribution in [0.3, 0.4) is 0 Å². The maximum Gasteiger partial charge on any atom is 0.243 e. The first-order chi connectivity index (χ1) is 12.4. The van der Waals surface area contributed by atoms with Crippen LogP contribution in [0.25, 0.3) is 0 Å². The van der Waals surface area contributed by atoms with Crippen molar-refractivity contribution in [3.8, 4) is 0 Å². The lowest BCUT2D eigenvalue weighted by atomic mass is 10.2. The van der Waals surface area contributed by atoms with Crippen molar-refractivity contribution in [1.82, 2.24) is 4.31 Å². The maximum absolute atomic E-state index is 13.3. The molecule has 0 aliphatic heterocycles. The van der Waals surface area contributed by atoms with Crippen LogP contribution in [-0.2, 0) is 14.4 Å². The second-order valence-corrected chi connectivity index (χ2v) is 15.4. The van der Waals surface area contributed by atoms with Crippen LogP contribution in [0.5, 0.6) is 0 Å². The number of sulfonamides is 1. The lowest BCUT2D eigenvalue weighted by Crippen LogP contribution is -2.51. The minimum absolute atomic E-state index is 0.0687. The van der Waals surface area contributed by atoms with Gasteiger partial charge in [0.1, 0.15) is 0 Å². The van der Waals surface area contributed by atoms with Gasteiger partial charge in [0, 0.05) is 6.54 Å². The molecule has 0 amide bonds. The molecule has 0 aromatic heterocycles. The van der Waals surface area contributed by atoms with Gasteiger partial charge in [-0.25, -0.2) is 8.42 Å². The van der Waals surface area contributed by atoms with Crippen LogP contribution in [0, 0.1) is 6.92 Å². The van der Waals surface area contributed by atoms with Gasteiger partial charge in [-0.05, 0) is 43.6 Å². The van der Waals surface area contributed by atoms with Crippen molar-refractivity contribution < 1.29 is 12.8 Å². The quantitative estimate of drug-likeness (QED) is 0.477. The van der Waals surface area contributed by atoms with Crippen LogP contribution in [0.2, 0.25) is 18.1 Å². The van der Waals surface area contributed by atoms with E-state index in [1.54, 1.807) is 18.2 Å². The molecular formula is C21H33NO3SSi. The van der Waals surface area contributed by atoms with Gasteiger partial charge in [0.05, 0.1) is 17.0 Å². The minimum Gasteiger partial charge on any atom is -0.412 e. The van der Waals surface area contributed by atoms with Gasteiger partial charge in [-0.2, -0.15) is 4.31 Å². The summed E-state index contributed by atoms with van der Waals surface area (Å²) in [6.07, 6.45) is 6.21. The standard InChI is InChI=1S/C21H33NO3SSi/c1-8-16-22(26(23,24)18-14-12-17(2)13-15-18)19-10-9-11-20(19)25-27(6,7)21(3,4)5/h8-10,12-15,19-20H,1,11,16H2,2-7H3/t19-,20+/m1/s1. The SMILES string of the molecule is C=CCN([C@@H]1C=CC[C@@H]1O[Si](C)(C)C(C)(C)C)S(=O)(=O)c1ccc(C)cc1. The Labute approximate surface area is 166 Å². The molecule has 0 bridgehead atoms. The number of hydrogen-bond acceptors (Lipinski definition) is 3. The fourth-order valence-electron chi connectivity index (χ4n) is 2.92. The number of nitrogens with zero attached hydrogens (tertiary/aromatic N) is 1. The lowest BCUT2D eigenvalue weighted by Gasteiger charge is -2.41. The number of aryl methyl sites for hydroxylation is 1. The molecule has 1 aromatic carbocycles. The van der Waals surface area contributed by atoms with Gasteiger partial charge < -0.3 is 4.43 Å². The molecule has 0 fully saturated rings. The number of hydrogen-bond donors (Lipinski definition) is 0. The van der Waals surface area contributed by atoms with E-state index in [0.29, 0.717) is 4.90 Å². The summed E-state index contributed by atoms with van der Waals surface area (Å²) >= 11 is 0. The Morgan fingerprint density at radius 1 is 1.26 bits per heavy atom. The molecule has 0 saturated carbocycles. The number of rotatable bonds is 7. The molecule has 2 atom stereocenters. The van der Waals surface area contributed by atoms with Crippen LogP contribution in [0.4, 0.5) is 0 Å². The zero-order valence-corrected chi connectivity index (χ0v) is 19.2. The Balaban J connectivity index is 2.35. The molecule has 150 valence electrons. The highest BCUT2D eigenvalue weighted by molar-refractivity contribution is 7.89. The molecule has 1 aromatic rings. The topological polar surface area (TPSA) is 46.6 Å². The van der Waals surface area contributed by atoms with Gasteiger partial charge in [-0.1, -0.05) is 56.7 Å². The summed E-state index contributed by atoms with van der Waals surface area (Å²) in [4.78, 5) is 0.307. The first-order valence-electron chi connectivity index (χ1n) is 9.44. The van der Waals surface area contributed by atoms with E-state index in [-0.39, 0.29) is 23.7 Å².